The third-order valence-corrected chi connectivity index (χ3v) is 12.2. The molecule has 2 heteroatoms. The number of rotatable bonds is 7. The normalized spacial score (nSPS) is 13.9. The van der Waals surface area contributed by atoms with Gasteiger partial charge in [0.05, 0.1) is 0 Å². The lowest BCUT2D eigenvalue weighted by atomic mass is 9.96. The molecule has 2 aromatic carbocycles. The molecule has 0 aliphatic heterocycles. The second-order valence-corrected chi connectivity index (χ2v) is 14.3. The van der Waals surface area contributed by atoms with Crippen LogP contribution in [-0.2, 0) is 10.0 Å². The number of benzene rings is 2. The maximum Gasteiger partial charge on any atom is 0.202 e. The molecule has 0 aliphatic carbocycles. The third kappa shape index (κ3) is 5.10. The van der Waals surface area contributed by atoms with Crippen molar-refractivity contribution in [1.82, 2.24) is 0 Å². The minimum Gasteiger partial charge on any atom is -0.397 e. The summed E-state index contributed by atoms with van der Waals surface area (Å²) in [6.07, 6.45) is 0. The van der Waals surface area contributed by atoms with E-state index in [0.29, 0.717) is 16.6 Å². The summed E-state index contributed by atoms with van der Waals surface area (Å²) in [5.74, 6) is 6.82. The van der Waals surface area contributed by atoms with E-state index in [4.69, 9.17) is 4.43 Å². The minimum atomic E-state index is -2.13. The van der Waals surface area contributed by atoms with Crippen molar-refractivity contribution in [3.8, 4) is 11.8 Å². The Morgan fingerprint density at radius 3 is 1.72 bits per heavy atom. The van der Waals surface area contributed by atoms with E-state index in [1.54, 1.807) is 0 Å². The fraction of sp³-hybridized carbons (Fsp3) is 0.407. The Kier molecular flexibility index (Phi) is 7.69. The van der Waals surface area contributed by atoms with Crippen LogP contribution in [0.3, 0.4) is 0 Å². The van der Waals surface area contributed by atoms with Gasteiger partial charge < -0.3 is 4.43 Å². The average molecular weight is 405 g/mol. The number of allylic oxidation sites excluding steroid dienone is 1. The van der Waals surface area contributed by atoms with Gasteiger partial charge in [-0.15, -0.1) is 0 Å². The standard InChI is InChI=1S/C27H36OSi/c1-21(2)29(22(3)4,23(5)6)28-27(8,26-17-13-10-14-18-26)20-19-24(7)25-15-11-9-12-16-25/h9-18,21-23H,7H2,1-6,8H3. The van der Waals surface area contributed by atoms with E-state index in [0.717, 1.165) is 16.7 Å². The highest BCUT2D eigenvalue weighted by atomic mass is 28.4. The van der Waals surface area contributed by atoms with E-state index in [1.807, 2.05) is 36.4 Å². The van der Waals surface area contributed by atoms with E-state index >= 15 is 0 Å². The number of hydrogen-bond acceptors (Lipinski definition) is 1. The summed E-state index contributed by atoms with van der Waals surface area (Å²) < 4.78 is 7.21. The van der Waals surface area contributed by atoms with Crippen molar-refractivity contribution in [3.05, 3.63) is 78.4 Å². The van der Waals surface area contributed by atoms with E-state index in [9.17, 15) is 0 Å². The van der Waals surface area contributed by atoms with Crippen molar-refractivity contribution >= 4 is 13.9 Å². The highest BCUT2D eigenvalue weighted by Crippen LogP contribution is 2.46. The largest absolute Gasteiger partial charge is 0.397 e. The van der Waals surface area contributed by atoms with Crippen LogP contribution in [0.4, 0.5) is 0 Å². The van der Waals surface area contributed by atoms with Crippen LogP contribution in [0.2, 0.25) is 16.6 Å². The van der Waals surface area contributed by atoms with Gasteiger partial charge in [0.25, 0.3) is 0 Å². The monoisotopic (exact) mass is 404 g/mol. The summed E-state index contributed by atoms with van der Waals surface area (Å²) in [5, 5.41) is 0. The predicted octanol–water partition coefficient (Wildman–Crippen LogP) is 7.81. The topological polar surface area (TPSA) is 9.23 Å². The van der Waals surface area contributed by atoms with Crippen molar-refractivity contribution in [2.45, 2.75) is 70.7 Å². The second-order valence-electron chi connectivity index (χ2n) is 8.91. The second kappa shape index (κ2) is 9.61. The average Bonchev–Trinajstić information content (AvgIpc) is 2.70. The van der Waals surface area contributed by atoms with Gasteiger partial charge in [-0.05, 0) is 34.7 Å². The van der Waals surface area contributed by atoms with Crippen molar-refractivity contribution in [1.29, 1.82) is 0 Å². The molecule has 1 atom stereocenters. The fourth-order valence-corrected chi connectivity index (χ4v) is 10.1. The van der Waals surface area contributed by atoms with Gasteiger partial charge in [-0.3, -0.25) is 0 Å². The van der Waals surface area contributed by atoms with Gasteiger partial charge in [-0.2, -0.15) is 0 Å². The van der Waals surface area contributed by atoms with Crippen LogP contribution in [-0.4, -0.2) is 8.32 Å². The van der Waals surface area contributed by atoms with Crippen LogP contribution in [0.5, 0.6) is 0 Å². The highest BCUT2D eigenvalue weighted by Gasteiger charge is 2.49. The summed E-state index contributed by atoms with van der Waals surface area (Å²) >= 11 is 0. The summed E-state index contributed by atoms with van der Waals surface area (Å²) in [5.41, 5.74) is 3.77. The van der Waals surface area contributed by atoms with Crippen LogP contribution < -0.4 is 0 Å². The molecule has 0 saturated carbocycles. The maximum atomic E-state index is 7.21. The molecular formula is C27H36OSi. The molecule has 2 aromatic rings. The molecule has 0 fully saturated rings. The third-order valence-electron chi connectivity index (χ3n) is 5.99. The van der Waals surface area contributed by atoms with E-state index in [-0.39, 0.29) is 0 Å². The first kappa shape index (κ1) is 23.2. The Bertz CT molecular complexity index is 834. The van der Waals surface area contributed by atoms with Crippen LogP contribution in [0.25, 0.3) is 5.57 Å². The predicted molar refractivity (Wildman–Crippen MR) is 129 cm³/mol. The smallest absolute Gasteiger partial charge is 0.202 e. The molecule has 0 radical (unpaired) electrons. The summed E-state index contributed by atoms with van der Waals surface area (Å²) in [4.78, 5) is 0. The van der Waals surface area contributed by atoms with E-state index in [2.05, 4.69) is 91.2 Å². The Balaban J connectivity index is 2.56. The first-order valence-electron chi connectivity index (χ1n) is 10.7. The molecule has 29 heavy (non-hydrogen) atoms. The van der Waals surface area contributed by atoms with Gasteiger partial charge in [-0.1, -0.05) is 121 Å². The van der Waals surface area contributed by atoms with Gasteiger partial charge in [0.1, 0.15) is 5.60 Å². The SMILES string of the molecule is C=C(C#CC(C)(O[Si](C(C)C)(C(C)C)C(C)C)c1ccccc1)c1ccccc1. The van der Waals surface area contributed by atoms with E-state index < -0.39 is 13.9 Å². The Hall–Kier alpha value is -2.08. The highest BCUT2D eigenvalue weighted by molar-refractivity contribution is 6.77. The Morgan fingerprint density at radius 2 is 1.28 bits per heavy atom. The molecule has 0 bridgehead atoms. The van der Waals surface area contributed by atoms with Gasteiger partial charge in [0.2, 0.25) is 8.32 Å². The van der Waals surface area contributed by atoms with Crippen LogP contribution in [0, 0.1) is 11.8 Å². The molecule has 0 N–H and O–H groups in total. The Labute approximate surface area is 179 Å². The number of hydrogen-bond donors (Lipinski definition) is 0. The molecule has 0 aromatic heterocycles. The molecule has 0 spiro atoms. The zero-order valence-electron chi connectivity index (χ0n) is 19.1. The lowest BCUT2D eigenvalue weighted by molar-refractivity contribution is 0.125. The molecule has 0 saturated heterocycles. The fourth-order valence-electron chi connectivity index (χ4n) is 4.53. The first-order valence-corrected chi connectivity index (χ1v) is 12.8. The molecule has 0 heterocycles. The molecular weight excluding hydrogens is 368 g/mol. The molecule has 1 unspecified atom stereocenters. The zero-order chi connectivity index (χ0) is 21.7. The zero-order valence-corrected chi connectivity index (χ0v) is 20.1. The molecule has 154 valence electrons. The van der Waals surface area contributed by atoms with Gasteiger partial charge in [0.15, 0.2) is 0 Å². The summed E-state index contributed by atoms with van der Waals surface area (Å²) in [6.45, 7) is 20.2. The van der Waals surface area contributed by atoms with Crippen molar-refractivity contribution in [3.63, 3.8) is 0 Å². The van der Waals surface area contributed by atoms with Crippen molar-refractivity contribution in [2.24, 2.45) is 0 Å². The van der Waals surface area contributed by atoms with Crippen LogP contribution >= 0.6 is 0 Å². The van der Waals surface area contributed by atoms with Crippen LogP contribution in [0.15, 0.2) is 67.2 Å². The molecule has 2 rings (SSSR count). The summed E-state index contributed by atoms with van der Waals surface area (Å²) in [7, 11) is -2.13. The lowest BCUT2D eigenvalue weighted by Gasteiger charge is -2.47. The molecule has 1 nitrogen and oxygen atoms in total. The summed E-state index contributed by atoms with van der Waals surface area (Å²) in [6, 6.07) is 20.6. The van der Waals surface area contributed by atoms with Gasteiger partial charge in [-0.25, -0.2) is 0 Å². The van der Waals surface area contributed by atoms with Crippen LogP contribution in [0.1, 0.15) is 59.6 Å². The molecule has 0 amide bonds. The maximum absolute atomic E-state index is 7.21. The minimum absolute atomic E-state index is 0.490. The van der Waals surface area contributed by atoms with E-state index in [1.165, 1.54) is 0 Å². The lowest BCUT2D eigenvalue weighted by Crippen LogP contribution is -2.52. The first-order chi connectivity index (χ1) is 13.6. The van der Waals surface area contributed by atoms with Crippen molar-refractivity contribution in [2.75, 3.05) is 0 Å². The quantitative estimate of drug-likeness (QED) is 0.338. The van der Waals surface area contributed by atoms with Gasteiger partial charge >= 0.3 is 0 Å². The Morgan fingerprint density at radius 1 is 0.828 bits per heavy atom. The van der Waals surface area contributed by atoms with Gasteiger partial charge in [0, 0.05) is 5.57 Å². The van der Waals surface area contributed by atoms with Crippen molar-refractivity contribution < 1.29 is 4.43 Å². The molecule has 0 aliphatic rings.